The number of sulfone groups is 1. The zero-order valence-corrected chi connectivity index (χ0v) is 13.9. The lowest BCUT2D eigenvalue weighted by Gasteiger charge is -2.05. The van der Waals surface area contributed by atoms with E-state index in [1.54, 1.807) is 0 Å². The van der Waals surface area contributed by atoms with Crippen LogP contribution in [0.3, 0.4) is 0 Å². The van der Waals surface area contributed by atoms with Crippen LogP contribution in [-0.4, -0.2) is 36.3 Å². The first-order chi connectivity index (χ1) is 9.87. The van der Waals surface area contributed by atoms with Crippen LogP contribution in [0.1, 0.15) is 23.6 Å². The number of rotatable bonds is 6. The molecule has 0 N–H and O–H groups in total. The lowest BCUT2D eigenvalue weighted by atomic mass is 10.1. The van der Waals surface area contributed by atoms with Crippen LogP contribution in [0.5, 0.6) is 0 Å². The molecule has 0 aliphatic heterocycles. The second kappa shape index (κ2) is 6.62. The molecule has 0 bridgehead atoms. The van der Waals surface area contributed by atoms with Gasteiger partial charge < -0.3 is 4.52 Å². The van der Waals surface area contributed by atoms with Crippen molar-refractivity contribution in [1.29, 1.82) is 0 Å². The Bertz CT molecular complexity index is 711. The van der Waals surface area contributed by atoms with Gasteiger partial charge in [0.2, 0.25) is 11.7 Å². The maximum atomic E-state index is 11.1. The van der Waals surface area contributed by atoms with Crippen molar-refractivity contribution in [2.75, 3.05) is 17.8 Å². The highest BCUT2D eigenvalue weighted by molar-refractivity contribution is 8.00. The molecule has 0 amide bonds. The van der Waals surface area contributed by atoms with Gasteiger partial charge in [0.05, 0.1) is 11.0 Å². The zero-order valence-electron chi connectivity index (χ0n) is 12.2. The number of hydrogen-bond donors (Lipinski definition) is 0. The summed E-state index contributed by atoms with van der Waals surface area (Å²) in [4.78, 5) is 4.41. The minimum absolute atomic E-state index is 0.0305. The van der Waals surface area contributed by atoms with Gasteiger partial charge in [-0.2, -0.15) is 4.98 Å². The van der Waals surface area contributed by atoms with Crippen LogP contribution >= 0.6 is 11.8 Å². The van der Waals surface area contributed by atoms with Gasteiger partial charge in [0, 0.05) is 17.6 Å². The third kappa shape index (κ3) is 4.57. The molecule has 114 valence electrons. The molecule has 21 heavy (non-hydrogen) atoms. The number of hydrogen-bond acceptors (Lipinski definition) is 6. The van der Waals surface area contributed by atoms with Crippen LogP contribution in [0.15, 0.2) is 28.8 Å². The molecule has 0 aliphatic rings. The molecule has 1 atom stereocenters. The Balaban J connectivity index is 2.04. The van der Waals surface area contributed by atoms with E-state index in [0.717, 1.165) is 11.1 Å². The molecular formula is C14H18N2O3S2. The summed E-state index contributed by atoms with van der Waals surface area (Å²) < 4.78 is 27.5. The molecule has 2 aromatic rings. The Morgan fingerprint density at radius 2 is 2.05 bits per heavy atom. The summed E-state index contributed by atoms with van der Waals surface area (Å²) in [5.74, 6) is 1.76. The van der Waals surface area contributed by atoms with E-state index in [0.29, 0.717) is 17.5 Å². The number of benzene rings is 1. The maximum absolute atomic E-state index is 11.1. The first kappa shape index (κ1) is 16.0. The van der Waals surface area contributed by atoms with Crippen LogP contribution in [-0.2, 0) is 9.84 Å². The highest BCUT2D eigenvalue weighted by Crippen LogP contribution is 2.29. The molecule has 1 aromatic heterocycles. The van der Waals surface area contributed by atoms with Crippen molar-refractivity contribution in [3.63, 3.8) is 0 Å². The Morgan fingerprint density at radius 3 is 2.71 bits per heavy atom. The first-order valence-corrected chi connectivity index (χ1v) is 9.66. The third-order valence-electron chi connectivity index (χ3n) is 3.00. The number of nitrogens with zero attached hydrogens (tertiary/aromatic N) is 2. The van der Waals surface area contributed by atoms with Gasteiger partial charge in [-0.1, -0.05) is 29.4 Å². The minimum atomic E-state index is -2.93. The monoisotopic (exact) mass is 326 g/mol. The number of thioether (sulfide) groups is 1. The summed E-state index contributed by atoms with van der Waals surface area (Å²) in [7, 11) is -2.93. The van der Waals surface area contributed by atoms with Gasteiger partial charge in [0.15, 0.2) is 0 Å². The Kier molecular flexibility index (Phi) is 5.05. The van der Waals surface area contributed by atoms with Crippen LogP contribution in [0.25, 0.3) is 11.4 Å². The van der Waals surface area contributed by atoms with Crippen LogP contribution in [0, 0.1) is 6.92 Å². The molecule has 0 radical (unpaired) electrons. The van der Waals surface area contributed by atoms with Gasteiger partial charge >= 0.3 is 0 Å². The minimum Gasteiger partial charge on any atom is -0.338 e. The van der Waals surface area contributed by atoms with Crippen LogP contribution in [0.2, 0.25) is 0 Å². The van der Waals surface area contributed by atoms with Gasteiger partial charge in [-0.15, -0.1) is 11.8 Å². The van der Waals surface area contributed by atoms with Crippen molar-refractivity contribution in [2.45, 2.75) is 19.1 Å². The number of aromatic nitrogens is 2. The Hall–Kier alpha value is -1.34. The summed E-state index contributed by atoms with van der Waals surface area (Å²) in [6, 6.07) is 7.84. The normalized spacial score (nSPS) is 13.3. The van der Waals surface area contributed by atoms with Crippen LogP contribution < -0.4 is 0 Å². The quantitative estimate of drug-likeness (QED) is 0.812. The van der Waals surface area contributed by atoms with Crippen molar-refractivity contribution < 1.29 is 12.9 Å². The van der Waals surface area contributed by atoms with E-state index in [9.17, 15) is 8.42 Å². The largest absolute Gasteiger partial charge is 0.338 e. The molecule has 0 fully saturated rings. The second-order valence-corrected chi connectivity index (χ2v) is 8.62. The molecule has 0 saturated heterocycles. The van der Waals surface area contributed by atoms with Crippen molar-refractivity contribution >= 4 is 21.6 Å². The topological polar surface area (TPSA) is 73.1 Å². The average Bonchev–Trinajstić information content (AvgIpc) is 2.87. The summed E-state index contributed by atoms with van der Waals surface area (Å²) in [6.07, 6.45) is 1.24. The molecule has 0 aliphatic carbocycles. The van der Waals surface area contributed by atoms with Crippen molar-refractivity contribution in [3.8, 4) is 11.4 Å². The van der Waals surface area contributed by atoms with Crippen molar-refractivity contribution in [3.05, 3.63) is 35.7 Å². The average molecular weight is 326 g/mol. The first-order valence-electron chi connectivity index (χ1n) is 6.56. The maximum Gasteiger partial charge on any atom is 0.239 e. The molecule has 1 unspecified atom stereocenters. The molecule has 2 rings (SSSR count). The molecule has 1 heterocycles. The van der Waals surface area contributed by atoms with E-state index in [1.807, 2.05) is 38.1 Å². The predicted molar refractivity (Wildman–Crippen MR) is 85.1 cm³/mol. The van der Waals surface area contributed by atoms with Crippen molar-refractivity contribution in [1.82, 2.24) is 10.1 Å². The molecule has 0 spiro atoms. The highest BCUT2D eigenvalue weighted by atomic mass is 32.2. The van der Waals surface area contributed by atoms with E-state index in [2.05, 4.69) is 10.1 Å². The Labute approximate surface area is 129 Å². The SMILES string of the molecule is Cc1ccccc1-c1noc(C(C)SCCS(C)(=O)=O)n1. The molecule has 0 saturated carbocycles. The van der Waals surface area contributed by atoms with E-state index >= 15 is 0 Å². The third-order valence-corrected chi connectivity index (χ3v) is 5.34. The summed E-state index contributed by atoms with van der Waals surface area (Å²) in [5.41, 5.74) is 2.03. The second-order valence-electron chi connectivity index (χ2n) is 4.91. The van der Waals surface area contributed by atoms with Gasteiger partial charge in [0.25, 0.3) is 0 Å². The summed E-state index contributed by atoms with van der Waals surface area (Å²) >= 11 is 1.49. The molecule has 1 aromatic carbocycles. The van der Waals surface area contributed by atoms with Gasteiger partial charge in [-0.05, 0) is 19.4 Å². The molecular weight excluding hydrogens is 308 g/mol. The fourth-order valence-electron chi connectivity index (χ4n) is 1.78. The smallest absolute Gasteiger partial charge is 0.239 e. The van der Waals surface area contributed by atoms with Gasteiger partial charge in [-0.25, -0.2) is 8.42 Å². The van der Waals surface area contributed by atoms with Gasteiger partial charge in [-0.3, -0.25) is 0 Å². The lowest BCUT2D eigenvalue weighted by molar-refractivity contribution is 0.381. The lowest BCUT2D eigenvalue weighted by Crippen LogP contribution is -2.06. The summed E-state index contributed by atoms with van der Waals surface area (Å²) in [6.45, 7) is 3.93. The predicted octanol–water partition coefficient (Wildman–Crippen LogP) is 2.88. The van der Waals surface area contributed by atoms with Crippen LogP contribution in [0.4, 0.5) is 0 Å². The van der Waals surface area contributed by atoms with Gasteiger partial charge in [0.1, 0.15) is 9.84 Å². The van der Waals surface area contributed by atoms with E-state index < -0.39 is 9.84 Å². The summed E-state index contributed by atoms with van der Waals surface area (Å²) in [5, 5.41) is 3.98. The zero-order chi connectivity index (χ0) is 15.5. The number of aryl methyl sites for hydroxylation is 1. The highest BCUT2D eigenvalue weighted by Gasteiger charge is 2.17. The van der Waals surface area contributed by atoms with E-state index in [1.165, 1.54) is 18.0 Å². The standard InChI is InChI=1S/C14H18N2O3S2/c1-10-6-4-5-7-12(10)13-15-14(19-16-13)11(2)20-8-9-21(3,17)18/h4-7,11H,8-9H2,1-3H3. The van der Waals surface area contributed by atoms with Crippen molar-refractivity contribution in [2.24, 2.45) is 0 Å². The fraction of sp³-hybridized carbons (Fsp3) is 0.429. The molecule has 7 heteroatoms. The molecule has 5 nitrogen and oxygen atoms in total. The fourth-order valence-corrected chi connectivity index (χ4v) is 3.97. The van der Waals surface area contributed by atoms with E-state index in [4.69, 9.17) is 4.52 Å². The Morgan fingerprint density at radius 1 is 1.33 bits per heavy atom. The van der Waals surface area contributed by atoms with E-state index in [-0.39, 0.29) is 11.0 Å².